The van der Waals surface area contributed by atoms with E-state index in [-0.39, 0.29) is 41.3 Å². The molecular weight excluding hydrogens is 380 g/mol. The van der Waals surface area contributed by atoms with Gasteiger partial charge >= 0.3 is 6.03 Å². The Labute approximate surface area is 165 Å². The van der Waals surface area contributed by atoms with Gasteiger partial charge in [-0.15, -0.1) is 0 Å². The van der Waals surface area contributed by atoms with E-state index in [1.807, 2.05) is 6.92 Å². The molecule has 0 bridgehead atoms. The van der Waals surface area contributed by atoms with Gasteiger partial charge in [0.15, 0.2) is 0 Å². The number of nitrogens with zero attached hydrogens (tertiary/aromatic N) is 2. The van der Waals surface area contributed by atoms with Gasteiger partial charge in [0.1, 0.15) is 5.75 Å². The first-order valence-electron chi connectivity index (χ1n) is 8.77. The van der Waals surface area contributed by atoms with Crippen LogP contribution in [0.15, 0.2) is 36.4 Å². The summed E-state index contributed by atoms with van der Waals surface area (Å²) in [6.45, 7) is 2.04. The van der Waals surface area contributed by atoms with E-state index in [1.54, 1.807) is 12.1 Å². The number of aryl methyl sites for hydroxylation is 1. The number of urea groups is 1. The number of aromatic hydroxyl groups is 1. The van der Waals surface area contributed by atoms with Gasteiger partial charge in [-0.2, -0.15) is 0 Å². The minimum absolute atomic E-state index is 0.00447. The maximum absolute atomic E-state index is 12.4. The second-order valence-corrected chi connectivity index (χ2v) is 6.50. The molecular formula is C19H18N4O6. The Morgan fingerprint density at radius 2 is 1.86 bits per heavy atom. The van der Waals surface area contributed by atoms with Crippen LogP contribution in [-0.4, -0.2) is 45.9 Å². The molecule has 1 aliphatic heterocycles. The van der Waals surface area contributed by atoms with Gasteiger partial charge in [-0.3, -0.25) is 24.6 Å². The Hall–Kier alpha value is -3.95. The maximum Gasteiger partial charge on any atom is 0.319 e. The van der Waals surface area contributed by atoms with Crippen molar-refractivity contribution in [3.63, 3.8) is 0 Å². The predicted octanol–water partition coefficient (Wildman–Crippen LogP) is 2.42. The zero-order valence-electron chi connectivity index (χ0n) is 15.5. The Bertz CT molecular complexity index is 1020. The largest absolute Gasteiger partial charge is 0.506 e. The molecule has 2 aromatic carbocycles. The summed E-state index contributed by atoms with van der Waals surface area (Å²) in [6, 6.07) is 7.80. The molecule has 0 aromatic heterocycles. The molecule has 1 aliphatic rings. The van der Waals surface area contributed by atoms with E-state index >= 15 is 0 Å². The average molecular weight is 398 g/mol. The SMILES string of the molecule is Cc1ccc(O)c(NC(=O)NCCCN2C(=O)c3ccc([N+](=O)[O-])cc3C2=O)c1. The van der Waals surface area contributed by atoms with E-state index in [9.17, 15) is 29.6 Å². The van der Waals surface area contributed by atoms with Crippen molar-refractivity contribution in [3.05, 3.63) is 63.2 Å². The van der Waals surface area contributed by atoms with Crippen LogP contribution in [0.2, 0.25) is 0 Å². The van der Waals surface area contributed by atoms with Crippen LogP contribution < -0.4 is 10.6 Å². The molecule has 0 radical (unpaired) electrons. The summed E-state index contributed by atoms with van der Waals surface area (Å²) in [5.74, 6) is -1.18. The van der Waals surface area contributed by atoms with Crippen molar-refractivity contribution < 1.29 is 24.4 Å². The quantitative estimate of drug-likeness (QED) is 0.224. The molecule has 0 spiro atoms. The van der Waals surface area contributed by atoms with Crippen LogP contribution in [0.5, 0.6) is 5.75 Å². The Morgan fingerprint density at radius 3 is 2.59 bits per heavy atom. The fourth-order valence-electron chi connectivity index (χ4n) is 2.95. The van der Waals surface area contributed by atoms with Crippen molar-refractivity contribution >= 4 is 29.2 Å². The fourth-order valence-corrected chi connectivity index (χ4v) is 2.95. The number of anilines is 1. The molecule has 0 unspecified atom stereocenters. The lowest BCUT2D eigenvalue weighted by atomic mass is 10.1. The summed E-state index contributed by atoms with van der Waals surface area (Å²) in [5.41, 5.74) is 1.00. The van der Waals surface area contributed by atoms with E-state index in [1.165, 1.54) is 18.2 Å². The zero-order valence-corrected chi connectivity index (χ0v) is 15.5. The highest BCUT2D eigenvalue weighted by Crippen LogP contribution is 2.27. The first-order chi connectivity index (χ1) is 13.8. The number of rotatable bonds is 6. The third-order valence-electron chi connectivity index (χ3n) is 4.41. The first-order valence-corrected chi connectivity index (χ1v) is 8.77. The molecule has 10 heteroatoms. The van der Waals surface area contributed by atoms with Crippen molar-refractivity contribution in [2.24, 2.45) is 0 Å². The third kappa shape index (κ3) is 4.15. The molecule has 29 heavy (non-hydrogen) atoms. The van der Waals surface area contributed by atoms with Crippen molar-refractivity contribution in [2.45, 2.75) is 13.3 Å². The van der Waals surface area contributed by atoms with Crippen molar-refractivity contribution in [1.82, 2.24) is 10.2 Å². The van der Waals surface area contributed by atoms with E-state index < -0.39 is 22.8 Å². The number of imide groups is 1. The number of non-ortho nitro benzene ring substituents is 1. The third-order valence-corrected chi connectivity index (χ3v) is 4.41. The molecule has 0 fully saturated rings. The van der Waals surface area contributed by atoms with E-state index in [2.05, 4.69) is 10.6 Å². The number of phenolic OH excluding ortho intramolecular Hbond substituents is 1. The number of carbonyl (C=O) groups excluding carboxylic acids is 3. The Morgan fingerprint density at radius 1 is 1.14 bits per heavy atom. The highest BCUT2D eigenvalue weighted by atomic mass is 16.6. The van der Waals surface area contributed by atoms with Gasteiger partial charge < -0.3 is 15.7 Å². The first kappa shape index (κ1) is 19.8. The highest BCUT2D eigenvalue weighted by Gasteiger charge is 2.36. The van der Waals surface area contributed by atoms with Gasteiger partial charge in [-0.25, -0.2) is 4.79 Å². The topological polar surface area (TPSA) is 142 Å². The predicted molar refractivity (Wildman–Crippen MR) is 103 cm³/mol. The lowest BCUT2D eigenvalue weighted by Gasteiger charge is -2.14. The van der Waals surface area contributed by atoms with Crippen LogP contribution in [0.25, 0.3) is 0 Å². The minimum Gasteiger partial charge on any atom is -0.506 e. The number of nitro groups is 1. The van der Waals surface area contributed by atoms with Crippen LogP contribution in [0.1, 0.15) is 32.7 Å². The number of hydrogen-bond donors (Lipinski definition) is 3. The van der Waals surface area contributed by atoms with Crippen LogP contribution in [0, 0.1) is 17.0 Å². The van der Waals surface area contributed by atoms with Gasteiger partial charge in [0, 0.05) is 25.2 Å². The number of benzene rings is 2. The van der Waals surface area contributed by atoms with Gasteiger partial charge in [0.2, 0.25) is 0 Å². The number of amides is 4. The van der Waals surface area contributed by atoms with E-state index in [0.717, 1.165) is 16.5 Å². The smallest absolute Gasteiger partial charge is 0.319 e. The van der Waals surface area contributed by atoms with Gasteiger partial charge in [-0.05, 0) is 37.1 Å². The number of nitro benzene ring substituents is 1. The molecule has 4 amide bonds. The van der Waals surface area contributed by atoms with Gasteiger partial charge in [0.05, 0.1) is 21.7 Å². The van der Waals surface area contributed by atoms with Crippen LogP contribution in [0.3, 0.4) is 0 Å². The minimum atomic E-state index is -0.630. The number of carbonyl (C=O) groups is 3. The molecule has 3 N–H and O–H groups in total. The summed E-state index contributed by atoms with van der Waals surface area (Å²) >= 11 is 0. The molecule has 0 saturated carbocycles. The molecule has 150 valence electrons. The van der Waals surface area contributed by atoms with Gasteiger partial charge in [-0.1, -0.05) is 6.07 Å². The summed E-state index contributed by atoms with van der Waals surface area (Å²) in [5, 5.41) is 25.7. The Balaban J connectivity index is 1.52. The lowest BCUT2D eigenvalue weighted by molar-refractivity contribution is -0.384. The molecule has 2 aromatic rings. The summed E-state index contributed by atoms with van der Waals surface area (Å²) in [6.07, 6.45) is 0.292. The molecule has 0 atom stereocenters. The highest BCUT2D eigenvalue weighted by molar-refractivity contribution is 6.21. The van der Waals surface area contributed by atoms with Crippen LogP contribution in [0.4, 0.5) is 16.2 Å². The summed E-state index contributed by atoms with van der Waals surface area (Å²) in [4.78, 5) is 47.9. The maximum atomic E-state index is 12.4. The van der Waals surface area contributed by atoms with E-state index in [4.69, 9.17) is 0 Å². The van der Waals surface area contributed by atoms with Gasteiger partial charge in [0.25, 0.3) is 17.5 Å². The molecule has 10 nitrogen and oxygen atoms in total. The molecule has 0 aliphatic carbocycles. The molecule has 3 rings (SSSR count). The average Bonchev–Trinajstić information content (AvgIpc) is 2.92. The second-order valence-electron chi connectivity index (χ2n) is 6.50. The monoisotopic (exact) mass is 398 g/mol. The second kappa shape index (κ2) is 7.97. The fraction of sp³-hybridized carbons (Fsp3) is 0.211. The van der Waals surface area contributed by atoms with Crippen molar-refractivity contribution in [2.75, 3.05) is 18.4 Å². The number of hydrogen-bond acceptors (Lipinski definition) is 6. The normalized spacial score (nSPS) is 12.7. The Kier molecular flexibility index (Phi) is 5.44. The summed E-state index contributed by atoms with van der Waals surface area (Å²) in [7, 11) is 0. The van der Waals surface area contributed by atoms with Crippen LogP contribution in [-0.2, 0) is 0 Å². The molecule has 1 heterocycles. The van der Waals surface area contributed by atoms with E-state index in [0.29, 0.717) is 6.42 Å². The van der Waals surface area contributed by atoms with Crippen molar-refractivity contribution in [1.29, 1.82) is 0 Å². The number of nitrogens with one attached hydrogen (secondary N) is 2. The van der Waals surface area contributed by atoms with Crippen LogP contribution >= 0.6 is 0 Å². The lowest BCUT2D eigenvalue weighted by Crippen LogP contribution is -2.35. The summed E-state index contributed by atoms with van der Waals surface area (Å²) < 4.78 is 0. The number of phenols is 1. The zero-order chi connectivity index (χ0) is 21.1. The molecule has 0 saturated heterocycles. The standard InChI is InChI=1S/C19H18N4O6/c1-11-3-6-16(24)15(9-11)21-19(27)20-7-2-8-22-17(25)13-5-4-12(23(28)29)10-14(13)18(22)26/h3-6,9-10,24H,2,7-8H2,1H3,(H2,20,21,27). The van der Waals surface area contributed by atoms with Crippen molar-refractivity contribution in [3.8, 4) is 5.75 Å². The number of fused-ring (bicyclic) bond motifs is 1.